The van der Waals surface area contributed by atoms with Crippen LogP contribution >= 0.6 is 0 Å². The number of aryl methyl sites for hydroxylation is 2. The van der Waals surface area contributed by atoms with Crippen LogP contribution in [0.1, 0.15) is 17.0 Å². The molecule has 4 aromatic heterocycles. The van der Waals surface area contributed by atoms with Crippen LogP contribution in [0.25, 0.3) is 28.1 Å². The predicted octanol–water partition coefficient (Wildman–Crippen LogP) is 3.81. The summed E-state index contributed by atoms with van der Waals surface area (Å²) >= 11 is 0. The first-order chi connectivity index (χ1) is 15.6. The van der Waals surface area contributed by atoms with Crippen LogP contribution in [0, 0.1) is 13.8 Å². The highest BCUT2D eigenvalue weighted by atomic mass is 16.5. The van der Waals surface area contributed by atoms with Crippen molar-refractivity contribution in [1.29, 1.82) is 0 Å². The summed E-state index contributed by atoms with van der Waals surface area (Å²) < 4.78 is 8.56. The number of hydrogen-bond donors (Lipinski definition) is 0. The van der Waals surface area contributed by atoms with Crippen molar-refractivity contribution in [2.24, 2.45) is 0 Å². The maximum Gasteiger partial charge on any atom is 0.267 e. The van der Waals surface area contributed by atoms with Gasteiger partial charge in [-0.3, -0.25) is 9.78 Å². The number of nitrogens with zero attached hydrogens (tertiary/aromatic N) is 6. The molecule has 5 rings (SSSR count). The van der Waals surface area contributed by atoms with Crippen LogP contribution in [0.5, 0.6) is 0 Å². The molecule has 32 heavy (non-hydrogen) atoms. The van der Waals surface area contributed by atoms with Crippen LogP contribution in [0.15, 0.2) is 82.6 Å². The minimum Gasteiger partial charge on any atom is -0.361 e. The third-order valence-corrected chi connectivity index (χ3v) is 5.28. The van der Waals surface area contributed by atoms with E-state index < -0.39 is 0 Å². The molecule has 0 aliphatic rings. The first-order valence-electron chi connectivity index (χ1n) is 10.1. The highest BCUT2D eigenvalue weighted by Gasteiger charge is 2.17. The van der Waals surface area contributed by atoms with Gasteiger partial charge in [0.2, 0.25) is 0 Å². The van der Waals surface area contributed by atoms with Gasteiger partial charge >= 0.3 is 0 Å². The number of para-hydroxylation sites is 1. The van der Waals surface area contributed by atoms with Crippen molar-refractivity contribution in [3.63, 3.8) is 0 Å². The van der Waals surface area contributed by atoms with Crippen molar-refractivity contribution >= 4 is 0 Å². The summed E-state index contributed by atoms with van der Waals surface area (Å²) in [6, 6.07) is 15.2. The van der Waals surface area contributed by atoms with E-state index in [1.807, 2.05) is 62.5 Å². The molecule has 0 saturated carbocycles. The highest BCUT2D eigenvalue weighted by molar-refractivity contribution is 5.63. The van der Waals surface area contributed by atoms with E-state index in [1.54, 1.807) is 29.3 Å². The zero-order chi connectivity index (χ0) is 22.1. The average Bonchev–Trinajstić information content (AvgIpc) is 3.44. The van der Waals surface area contributed by atoms with Crippen molar-refractivity contribution in [3.8, 4) is 28.1 Å². The molecule has 158 valence electrons. The topological polar surface area (TPSA) is 91.6 Å². The fourth-order valence-corrected chi connectivity index (χ4v) is 3.47. The second-order valence-electron chi connectivity index (χ2n) is 7.50. The Balaban J connectivity index is 1.43. The Morgan fingerprint density at radius 2 is 1.72 bits per heavy atom. The number of hydrogen-bond acceptors (Lipinski definition) is 6. The Labute approximate surface area is 183 Å². The summed E-state index contributed by atoms with van der Waals surface area (Å²) in [6.45, 7) is 4.00. The Hall–Kier alpha value is -4.33. The van der Waals surface area contributed by atoms with E-state index in [0.29, 0.717) is 17.0 Å². The van der Waals surface area contributed by atoms with Crippen molar-refractivity contribution < 1.29 is 4.52 Å². The molecular formula is C24H20N6O2. The van der Waals surface area contributed by atoms with Gasteiger partial charge in [-0.15, -0.1) is 0 Å². The maximum atomic E-state index is 12.8. The molecule has 0 aliphatic carbocycles. The zero-order valence-corrected chi connectivity index (χ0v) is 17.6. The van der Waals surface area contributed by atoms with Crippen molar-refractivity contribution in [2.75, 3.05) is 0 Å². The summed E-state index contributed by atoms with van der Waals surface area (Å²) in [7, 11) is 0. The number of pyridine rings is 1. The van der Waals surface area contributed by atoms with E-state index in [1.165, 1.54) is 4.68 Å². The van der Waals surface area contributed by atoms with Crippen LogP contribution in [0.4, 0.5) is 0 Å². The van der Waals surface area contributed by atoms with Crippen LogP contribution in [-0.4, -0.2) is 29.7 Å². The lowest BCUT2D eigenvalue weighted by Gasteiger charge is -2.06. The normalized spacial score (nSPS) is 11.1. The first-order valence-corrected chi connectivity index (χ1v) is 10.1. The van der Waals surface area contributed by atoms with Gasteiger partial charge < -0.3 is 4.52 Å². The molecular weight excluding hydrogens is 404 g/mol. The number of rotatable bonds is 5. The molecule has 0 aliphatic heterocycles. The van der Waals surface area contributed by atoms with Crippen molar-refractivity contribution in [3.05, 3.63) is 101 Å². The lowest BCUT2D eigenvalue weighted by molar-refractivity contribution is 0.397. The van der Waals surface area contributed by atoms with Gasteiger partial charge in [0.15, 0.2) is 0 Å². The van der Waals surface area contributed by atoms with Crippen LogP contribution in [-0.2, 0) is 6.54 Å². The third-order valence-electron chi connectivity index (χ3n) is 5.28. The molecule has 0 unspecified atom stereocenters. The number of aromatic nitrogens is 6. The molecule has 8 nitrogen and oxygen atoms in total. The number of benzene rings is 1. The third kappa shape index (κ3) is 3.74. The second-order valence-corrected chi connectivity index (χ2v) is 7.50. The summed E-state index contributed by atoms with van der Waals surface area (Å²) in [4.78, 5) is 17.2. The van der Waals surface area contributed by atoms with E-state index in [0.717, 1.165) is 28.1 Å². The van der Waals surface area contributed by atoms with E-state index in [-0.39, 0.29) is 12.1 Å². The van der Waals surface area contributed by atoms with Crippen LogP contribution in [0.3, 0.4) is 0 Å². The lowest BCUT2D eigenvalue weighted by atomic mass is 10.1. The van der Waals surface area contributed by atoms with Gasteiger partial charge in [0, 0.05) is 46.4 Å². The second kappa shape index (κ2) is 8.07. The molecule has 4 heterocycles. The molecule has 1 aromatic carbocycles. The minimum absolute atomic E-state index is 0.219. The molecule has 8 heteroatoms. The van der Waals surface area contributed by atoms with E-state index >= 15 is 0 Å². The molecule has 0 atom stereocenters. The lowest BCUT2D eigenvalue weighted by Crippen LogP contribution is -2.23. The quantitative estimate of drug-likeness (QED) is 0.426. The summed E-state index contributed by atoms with van der Waals surface area (Å²) in [5, 5.41) is 12.9. The minimum atomic E-state index is -0.219. The van der Waals surface area contributed by atoms with Gasteiger partial charge in [0.05, 0.1) is 24.6 Å². The zero-order valence-electron chi connectivity index (χ0n) is 17.6. The average molecular weight is 424 g/mol. The van der Waals surface area contributed by atoms with E-state index in [4.69, 9.17) is 4.52 Å². The van der Waals surface area contributed by atoms with Gasteiger partial charge in [0.1, 0.15) is 11.5 Å². The Morgan fingerprint density at radius 1 is 0.906 bits per heavy atom. The van der Waals surface area contributed by atoms with E-state index in [2.05, 4.69) is 20.3 Å². The molecule has 0 radical (unpaired) electrons. The fourth-order valence-electron chi connectivity index (χ4n) is 3.47. The highest BCUT2D eigenvalue weighted by Crippen LogP contribution is 2.25. The molecule has 0 spiro atoms. The summed E-state index contributed by atoms with van der Waals surface area (Å²) in [6.07, 6.45) is 7.02. The standard InChI is InChI=1S/C24H20N6O2/c1-16-8-9-18(11-25-16)24-22(17(2)32-28-24)15-30-23(31)10-19(12-27-30)20-13-26-29(14-20)21-6-4-3-5-7-21/h3-14H,15H2,1-2H3. The van der Waals surface area contributed by atoms with Gasteiger partial charge in [-0.25, -0.2) is 9.36 Å². The smallest absolute Gasteiger partial charge is 0.267 e. The molecule has 0 fully saturated rings. The summed E-state index contributed by atoms with van der Waals surface area (Å²) in [5.41, 5.74) is 5.47. The Bertz CT molecular complexity index is 1430. The monoisotopic (exact) mass is 424 g/mol. The van der Waals surface area contributed by atoms with Gasteiger partial charge in [-0.1, -0.05) is 23.4 Å². The molecule has 0 bridgehead atoms. The maximum absolute atomic E-state index is 12.8. The van der Waals surface area contributed by atoms with Crippen molar-refractivity contribution in [2.45, 2.75) is 20.4 Å². The predicted molar refractivity (Wildman–Crippen MR) is 119 cm³/mol. The van der Waals surface area contributed by atoms with Gasteiger partial charge in [0.25, 0.3) is 5.56 Å². The SMILES string of the molecule is Cc1ccc(-c2noc(C)c2Cn2ncc(-c3cnn(-c4ccccc4)c3)cc2=O)cn1. The molecule has 0 amide bonds. The largest absolute Gasteiger partial charge is 0.361 e. The Kier molecular flexibility index (Phi) is 4.95. The first kappa shape index (κ1) is 19.6. The molecule has 5 aromatic rings. The van der Waals surface area contributed by atoms with E-state index in [9.17, 15) is 4.79 Å². The molecule has 0 saturated heterocycles. The van der Waals surface area contributed by atoms with Crippen LogP contribution < -0.4 is 5.56 Å². The van der Waals surface area contributed by atoms with Gasteiger partial charge in [-0.2, -0.15) is 10.2 Å². The van der Waals surface area contributed by atoms with Crippen LogP contribution in [0.2, 0.25) is 0 Å². The van der Waals surface area contributed by atoms with Gasteiger partial charge in [-0.05, 0) is 38.1 Å². The van der Waals surface area contributed by atoms with Crippen molar-refractivity contribution in [1.82, 2.24) is 29.7 Å². The summed E-state index contributed by atoms with van der Waals surface area (Å²) in [5.74, 6) is 0.641. The molecule has 0 N–H and O–H groups in total. The fraction of sp³-hybridized carbons (Fsp3) is 0.125. The Morgan fingerprint density at radius 3 is 2.47 bits per heavy atom.